The fourth-order valence-electron chi connectivity index (χ4n) is 2.50. The van der Waals surface area contributed by atoms with Gasteiger partial charge in [0.05, 0.1) is 0 Å². The van der Waals surface area contributed by atoms with Crippen LogP contribution in [0.15, 0.2) is 0 Å². The molecule has 0 aromatic heterocycles. The first kappa shape index (κ1) is 10.8. The number of carbonyl (C=O) groups is 1. The highest BCUT2D eigenvalue weighted by Crippen LogP contribution is 2.22. The minimum atomic E-state index is 0.186. The van der Waals surface area contributed by atoms with Crippen LogP contribution in [-0.4, -0.2) is 29.6 Å². The maximum absolute atomic E-state index is 12.0. The summed E-state index contributed by atoms with van der Waals surface area (Å²) in [5.41, 5.74) is 0. The topological polar surface area (TPSA) is 32.3 Å². The standard InChI is InChI=1S/C12H22N2O/c1-2-11-8-3-4-9-14(11)12(15)13-10-6-5-7-10/h10-11H,2-9H2,1H3,(H,13,15). The Morgan fingerprint density at radius 2 is 2.07 bits per heavy atom. The molecular formula is C12H22N2O. The molecule has 1 N–H and O–H groups in total. The van der Waals surface area contributed by atoms with Crippen molar-refractivity contribution in [1.82, 2.24) is 10.2 Å². The van der Waals surface area contributed by atoms with Gasteiger partial charge in [-0.25, -0.2) is 4.79 Å². The molecule has 0 radical (unpaired) electrons. The van der Waals surface area contributed by atoms with Gasteiger partial charge in [0, 0.05) is 18.6 Å². The highest BCUT2D eigenvalue weighted by molar-refractivity contribution is 5.75. The quantitative estimate of drug-likeness (QED) is 0.746. The summed E-state index contributed by atoms with van der Waals surface area (Å²) in [4.78, 5) is 14.0. The first-order valence-electron chi connectivity index (χ1n) is 6.38. The molecule has 0 aromatic carbocycles. The number of likely N-dealkylation sites (tertiary alicyclic amines) is 1. The summed E-state index contributed by atoms with van der Waals surface area (Å²) >= 11 is 0. The summed E-state index contributed by atoms with van der Waals surface area (Å²) in [5, 5.41) is 3.14. The maximum atomic E-state index is 12.0. The van der Waals surface area contributed by atoms with Gasteiger partial charge < -0.3 is 10.2 Å². The van der Waals surface area contributed by atoms with Crippen LogP contribution in [0.3, 0.4) is 0 Å². The highest BCUT2D eigenvalue weighted by Gasteiger charge is 2.28. The fourth-order valence-corrected chi connectivity index (χ4v) is 2.50. The van der Waals surface area contributed by atoms with Gasteiger partial charge in [-0.3, -0.25) is 0 Å². The molecule has 0 spiro atoms. The van der Waals surface area contributed by atoms with Gasteiger partial charge in [-0.2, -0.15) is 0 Å². The van der Waals surface area contributed by atoms with Crippen LogP contribution >= 0.6 is 0 Å². The molecular weight excluding hydrogens is 188 g/mol. The minimum absolute atomic E-state index is 0.186. The Kier molecular flexibility index (Phi) is 3.49. The molecule has 2 aliphatic rings. The van der Waals surface area contributed by atoms with E-state index in [2.05, 4.69) is 17.1 Å². The summed E-state index contributed by atoms with van der Waals surface area (Å²) < 4.78 is 0. The van der Waals surface area contributed by atoms with Crippen molar-refractivity contribution in [3.8, 4) is 0 Å². The van der Waals surface area contributed by atoms with Crippen molar-refractivity contribution in [2.45, 2.75) is 64.0 Å². The first-order valence-corrected chi connectivity index (χ1v) is 6.38. The van der Waals surface area contributed by atoms with Gasteiger partial charge in [-0.1, -0.05) is 6.92 Å². The Morgan fingerprint density at radius 1 is 1.27 bits per heavy atom. The Balaban J connectivity index is 1.85. The third kappa shape index (κ3) is 2.44. The maximum Gasteiger partial charge on any atom is 0.317 e. The molecule has 1 heterocycles. The lowest BCUT2D eigenvalue weighted by Gasteiger charge is -2.37. The van der Waals surface area contributed by atoms with Crippen molar-refractivity contribution >= 4 is 6.03 Å². The second-order valence-electron chi connectivity index (χ2n) is 4.83. The van der Waals surface area contributed by atoms with Gasteiger partial charge in [-0.15, -0.1) is 0 Å². The van der Waals surface area contributed by atoms with E-state index in [1.807, 2.05) is 0 Å². The molecule has 0 aromatic rings. The van der Waals surface area contributed by atoms with Crippen molar-refractivity contribution in [3.63, 3.8) is 0 Å². The van der Waals surface area contributed by atoms with E-state index in [4.69, 9.17) is 0 Å². The summed E-state index contributed by atoms with van der Waals surface area (Å²) in [5.74, 6) is 0. The summed E-state index contributed by atoms with van der Waals surface area (Å²) in [6.45, 7) is 3.14. The minimum Gasteiger partial charge on any atom is -0.335 e. The normalized spacial score (nSPS) is 27.3. The van der Waals surface area contributed by atoms with Gasteiger partial charge in [0.25, 0.3) is 0 Å². The van der Waals surface area contributed by atoms with Crippen LogP contribution in [0.1, 0.15) is 51.9 Å². The van der Waals surface area contributed by atoms with E-state index in [1.54, 1.807) is 0 Å². The predicted molar refractivity (Wildman–Crippen MR) is 60.8 cm³/mol. The van der Waals surface area contributed by atoms with Crippen molar-refractivity contribution in [2.24, 2.45) is 0 Å². The molecule has 0 bridgehead atoms. The van der Waals surface area contributed by atoms with Crippen molar-refractivity contribution in [1.29, 1.82) is 0 Å². The summed E-state index contributed by atoms with van der Waals surface area (Å²) in [6, 6.07) is 1.14. The fraction of sp³-hybridized carbons (Fsp3) is 0.917. The molecule has 2 rings (SSSR count). The summed E-state index contributed by atoms with van der Waals surface area (Å²) in [6.07, 6.45) is 8.38. The van der Waals surface area contributed by atoms with Crippen LogP contribution in [-0.2, 0) is 0 Å². The highest BCUT2D eigenvalue weighted by atomic mass is 16.2. The molecule has 86 valence electrons. The second kappa shape index (κ2) is 4.86. The molecule has 3 heteroatoms. The molecule has 1 atom stereocenters. The number of hydrogen-bond acceptors (Lipinski definition) is 1. The Labute approximate surface area is 92.2 Å². The average molecular weight is 210 g/mol. The van der Waals surface area contributed by atoms with E-state index in [0.717, 1.165) is 13.0 Å². The molecule has 3 nitrogen and oxygen atoms in total. The van der Waals surface area contributed by atoms with E-state index < -0.39 is 0 Å². The molecule has 1 saturated carbocycles. The molecule has 1 saturated heterocycles. The molecule has 2 fully saturated rings. The molecule has 1 aliphatic heterocycles. The van der Waals surface area contributed by atoms with Crippen LogP contribution in [0.5, 0.6) is 0 Å². The lowest BCUT2D eigenvalue weighted by molar-refractivity contribution is 0.141. The number of nitrogens with zero attached hydrogens (tertiary/aromatic N) is 1. The predicted octanol–water partition coefficient (Wildman–Crippen LogP) is 2.51. The van der Waals surface area contributed by atoms with E-state index in [1.165, 1.54) is 38.5 Å². The monoisotopic (exact) mass is 210 g/mol. The van der Waals surface area contributed by atoms with E-state index in [9.17, 15) is 4.79 Å². The third-order valence-electron chi connectivity index (χ3n) is 3.79. The smallest absolute Gasteiger partial charge is 0.317 e. The lowest BCUT2D eigenvalue weighted by Crippen LogP contribution is -2.52. The van der Waals surface area contributed by atoms with Gasteiger partial charge in [0.1, 0.15) is 0 Å². The number of urea groups is 1. The van der Waals surface area contributed by atoms with Crippen molar-refractivity contribution in [3.05, 3.63) is 0 Å². The number of hydrogen-bond donors (Lipinski definition) is 1. The zero-order valence-corrected chi connectivity index (χ0v) is 9.67. The van der Waals surface area contributed by atoms with Gasteiger partial charge in [0.15, 0.2) is 0 Å². The Bertz CT molecular complexity index is 226. The molecule has 1 aliphatic carbocycles. The Morgan fingerprint density at radius 3 is 2.67 bits per heavy atom. The zero-order chi connectivity index (χ0) is 10.7. The van der Waals surface area contributed by atoms with Gasteiger partial charge >= 0.3 is 6.03 Å². The van der Waals surface area contributed by atoms with Crippen LogP contribution in [0, 0.1) is 0 Å². The van der Waals surface area contributed by atoms with Crippen molar-refractivity contribution < 1.29 is 4.79 Å². The SMILES string of the molecule is CCC1CCCCN1C(=O)NC1CCC1. The van der Waals surface area contributed by atoms with Crippen LogP contribution < -0.4 is 5.32 Å². The Hall–Kier alpha value is -0.730. The largest absolute Gasteiger partial charge is 0.335 e. The number of amides is 2. The number of piperidine rings is 1. The average Bonchev–Trinajstić information content (AvgIpc) is 2.23. The van der Waals surface area contributed by atoms with Crippen LogP contribution in [0.25, 0.3) is 0 Å². The second-order valence-corrected chi connectivity index (χ2v) is 4.83. The summed E-state index contributed by atoms with van der Waals surface area (Å²) in [7, 11) is 0. The first-order chi connectivity index (χ1) is 7.31. The van der Waals surface area contributed by atoms with E-state index in [-0.39, 0.29) is 6.03 Å². The molecule has 1 unspecified atom stereocenters. The van der Waals surface area contributed by atoms with E-state index in [0.29, 0.717) is 12.1 Å². The third-order valence-corrected chi connectivity index (χ3v) is 3.79. The van der Waals surface area contributed by atoms with Crippen LogP contribution in [0.4, 0.5) is 4.79 Å². The van der Waals surface area contributed by atoms with Gasteiger partial charge in [0.2, 0.25) is 0 Å². The molecule has 15 heavy (non-hydrogen) atoms. The zero-order valence-electron chi connectivity index (χ0n) is 9.67. The number of nitrogens with one attached hydrogen (secondary N) is 1. The number of carbonyl (C=O) groups excluding carboxylic acids is 1. The lowest BCUT2D eigenvalue weighted by atomic mass is 9.93. The molecule has 2 amide bonds. The number of rotatable bonds is 2. The van der Waals surface area contributed by atoms with E-state index >= 15 is 0 Å². The van der Waals surface area contributed by atoms with Gasteiger partial charge in [-0.05, 0) is 44.9 Å². The van der Waals surface area contributed by atoms with Crippen LogP contribution in [0.2, 0.25) is 0 Å². The van der Waals surface area contributed by atoms with Crippen molar-refractivity contribution in [2.75, 3.05) is 6.54 Å².